The van der Waals surface area contributed by atoms with Crippen LogP contribution in [0.25, 0.3) is 0 Å². The van der Waals surface area contributed by atoms with Gasteiger partial charge in [-0.3, -0.25) is 9.69 Å². The van der Waals surface area contributed by atoms with Crippen molar-refractivity contribution in [3.63, 3.8) is 0 Å². The van der Waals surface area contributed by atoms with Crippen LogP contribution in [0.2, 0.25) is 0 Å². The molecule has 0 aromatic heterocycles. The standard InChI is InChI=1S/C18H24N2O/c21-18(15-6-7-15)20-11-10-19(16-8-9-16)13-17(20)12-14-4-2-1-3-5-14/h1-5,15-17H,6-13H2. The van der Waals surface area contributed by atoms with Gasteiger partial charge in [0.2, 0.25) is 5.91 Å². The first kappa shape index (κ1) is 13.3. The molecule has 3 fully saturated rings. The van der Waals surface area contributed by atoms with Gasteiger partial charge >= 0.3 is 0 Å². The molecule has 1 heterocycles. The summed E-state index contributed by atoms with van der Waals surface area (Å²) >= 11 is 0. The SMILES string of the molecule is O=C(C1CC1)N1CCN(C2CC2)CC1Cc1ccccc1. The van der Waals surface area contributed by atoms with Crippen LogP contribution in [0, 0.1) is 5.92 Å². The molecule has 1 unspecified atom stereocenters. The molecule has 0 N–H and O–H groups in total. The van der Waals surface area contributed by atoms with E-state index in [4.69, 9.17) is 0 Å². The van der Waals surface area contributed by atoms with Crippen molar-refractivity contribution < 1.29 is 4.79 Å². The van der Waals surface area contributed by atoms with Crippen LogP contribution in [-0.2, 0) is 11.2 Å². The lowest BCUT2D eigenvalue weighted by atomic mass is 10.0. The molecule has 3 nitrogen and oxygen atoms in total. The van der Waals surface area contributed by atoms with E-state index in [1.165, 1.54) is 18.4 Å². The third-order valence-corrected chi connectivity index (χ3v) is 5.10. The third-order valence-electron chi connectivity index (χ3n) is 5.10. The number of rotatable bonds is 4. The van der Waals surface area contributed by atoms with Gasteiger partial charge in [-0.2, -0.15) is 0 Å². The highest BCUT2D eigenvalue weighted by molar-refractivity contribution is 5.81. The predicted octanol–water partition coefficient (Wildman–Crippen LogP) is 2.31. The minimum Gasteiger partial charge on any atom is -0.337 e. The number of carbonyl (C=O) groups excluding carboxylic acids is 1. The molecule has 0 spiro atoms. The zero-order valence-corrected chi connectivity index (χ0v) is 12.6. The van der Waals surface area contributed by atoms with Gasteiger partial charge in [0.05, 0.1) is 0 Å². The van der Waals surface area contributed by atoms with Gasteiger partial charge in [0.1, 0.15) is 0 Å². The molecule has 1 aromatic rings. The predicted molar refractivity (Wildman–Crippen MR) is 83.0 cm³/mol. The topological polar surface area (TPSA) is 23.6 Å². The first-order chi connectivity index (χ1) is 10.3. The minimum absolute atomic E-state index is 0.343. The molecule has 3 heteroatoms. The van der Waals surface area contributed by atoms with E-state index in [0.29, 0.717) is 17.9 Å². The molecule has 2 aliphatic carbocycles. The molecular weight excluding hydrogens is 260 g/mol. The summed E-state index contributed by atoms with van der Waals surface area (Å²) in [5.41, 5.74) is 1.36. The summed E-state index contributed by atoms with van der Waals surface area (Å²) in [5, 5.41) is 0. The average molecular weight is 284 g/mol. The molecule has 0 bridgehead atoms. The lowest BCUT2D eigenvalue weighted by Crippen LogP contribution is -2.56. The quantitative estimate of drug-likeness (QED) is 0.847. The fourth-order valence-electron chi connectivity index (χ4n) is 3.57. The highest BCUT2D eigenvalue weighted by atomic mass is 16.2. The van der Waals surface area contributed by atoms with Crippen molar-refractivity contribution in [1.82, 2.24) is 9.80 Å². The number of benzene rings is 1. The average Bonchev–Trinajstić information content (AvgIpc) is 3.41. The Morgan fingerprint density at radius 1 is 1.05 bits per heavy atom. The second kappa shape index (κ2) is 5.45. The van der Waals surface area contributed by atoms with Crippen LogP contribution in [0.3, 0.4) is 0 Å². The maximum atomic E-state index is 12.6. The lowest BCUT2D eigenvalue weighted by Gasteiger charge is -2.42. The second-order valence-electron chi connectivity index (χ2n) is 6.88. The molecule has 2 saturated carbocycles. The van der Waals surface area contributed by atoms with Crippen molar-refractivity contribution in [2.45, 2.75) is 44.2 Å². The van der Waals surface area contributed by atoms with E-state index in [1.54, 1.807) is 0 Å². The number of amides is 1. The fraction of sp³-hybridized carbons (Fsp3) is 0.611. The maximum Gasteiger partial charge on any atom is 0.226 e. The zero-order valence-electron chi connectivity index (χ0n) is 12.6. The highest BCUT2D eigenvalue weighted by Crippen LogP contribution is 2.34. The number of hydrogen-bond donors (Lipinski definition) is 0. The van der Waals surface area contributed by atoms with E-state index in [9.17, 15) is 4.79 Å². The summed E-state index contributed by atoms with van der Waals surface area (Å²) < 4.78 is 0. The summed E-state index contributed by atoms with van der Waals surface area (Å²) in [6.07, 6.45) is 5.94. The van der Waals surface area contributed by atoms with E-state index in [1.807, 2.05) is 0 Å². The van der Waals surface area contributed by atoms with Gasteiger partial charge in [0.25, 0.3) is 0 Å². The molecule has 1 amide bonds. The van der Waals surface area contributed by atoms with Crippen LogP contribution < -0.4 is 0 Å². The second-order valence-corrected chi connectivity index (χ2v) is 6.88. The third kappa shape index (κ3) is 2.98. The summed E-state index contributed by atoms with van der Waals surface area (Å²) in [6, 6.07) is 11.8. The van der Waals surface area contributed by atoms with Crippen LogP contribution in [0.5, 0.6) is 0 Å². The van der Waals surface area contributed by atoms with E-state index < -0.39 is 0 Å². The van der Waals surface area contributed by atoms with Crippen molar-refractivity contribution in [1.29, 1.82) is 0 Å². The first-order valence-electron chi connectivity index (χ1n) is 8.40. The molecule has 4 rings (SSSR count). The van der Waals surface area contributed by atoms with E-state index >= 15 is 0 Å². The van der Waals surface area contributed by atoms with Crippen molar-refractivity contribution in [2.75, 3.05) is 19.6 Å². The van der Waals surface area contributed by atoms with Crippen molar-refractivity contribution in [3.05, 3.63) is 35.9 Å². The van der Waals surface area contributed by atoms with Crippen LogP contribution in [0.1, 0.15) is 31.2 Å². The van der Waals surface area contributed by atoms with Crippen LogP contribution in [-0.4, -0.2) is 47.4 Å². The van der Waals surface area contributed by atoms with Crippen LogP contribution in [0.4, 0.5) is 0 Å². The number of hydrogen-bond acceptors (Lipinski definition) is 2. The Bertz CT molecular complexity index is 507. The monoisotopic (exact) mass is 284 g/mol. The summed E-state index contributed by atoms with van der Waals surface area (Å²) in [5.74, 6) is 0.766. The Morgan fingerprint density at radius 3 is 2.48 bits per heavy atom. The van der Waals surface area contributed by atoms with Gasteiger partial charge in [-0.05, 0) is 37.7 Å². The Hall–Kier alpha value is -1.35. The first-order valence-corrected chi connectivity index (χ1v) is 8.40. The van der Waals surface area contributed by atoms with E-state index in [-0.39, 0.29) is 0 Å². The van der Waals surface area contributed by atoms with Gasteiger partial charge in [-0.25, -0.2) is 0 Å². The van der Waals surface area contributed by atoms with Gasteiger partial charge in [0, 0.05) is 37.6 Å². The summed E-state index contributed by atoms with van der Waals surface area (Å²) in [7, 11) is 0. The number of carbonyl (C=O) groups is 1. The lowest BCUT2D eigenvalue weighted by molar-refractivity contribution is -0.137. The number of piperazine rings is 1. The molecule has 1 saturated heterocycles. The normalized spacial score (nSPS) is 26.9. The smallest absolute Gasteiger partial charge is 0.226 e. The van der Waals surface area contributed by atoms with Gasteiger partial charge in [-0.1, -0.05) is 30.3 Å². The van der Waals surface area contributed by atoms with Gasteiger partial charge in [-0.15, -0.1) is 0 Å². The zero-order chi connectivity index (χ0) is 14.2. The molecule has 3 aliphatic rings. The molecule has 1 aromatic carbocycles. The Labute approximate surface area is 126 Å². The van der Waals surface area contributed by atoms with Crippen molar-refractivity contribution >= 4 is 5.91 Å². The largest absolute Gasteiger partial charge is 0.337 e. The Kier molecular flexibility index (Phi) is 3.46. The maximum absolute atomic E-state index is 12.6. The molecule has 0 radical (unpaired) electrons. The van der Waals surface area contributed by atoms with E-state index in [0.717, 1.165) is 44.9 Å². The van der Waals surface area contributed by atoms with Crippen molar-refractivity contribution in [2.24, 2.45) is 5.92 Å². The number of nitrogens with zero attached hydrogens (tertiary/aromatic N) is 2. The Morgan fingerprint density at radius 2 is 1.81 bits per heavy atom. The molecule has 1 atom stereocenters. The van der Waals surface area contributed by atoms with Crippen molar-refractivity contribution in [3.8, 4) is 0 Å². The van der Waals surface area contributed by atoms with Gasteiger partial charge in [0.15, 0.2) is 0 Å². The molecule has 112 valence electrons. The van der Waals surface area contributed by atoms with Crippen LogP contribution in [0.15, 0.2) is 30.3 Å². The molecule has 21 heavy (non-hydrogen) atoms. The fourth-order valence-corrected chi connectivity index (χ4v) is 3.57. The highest BCUT2D eigenvalue weighted by Gasteiger charge is 2.41. The Balaban J connectivity index is 1.49. The molecule has 1 aliphatic heterocycles. The summed E-state index contributed by atoms with van der Waals surface area (Å²) in [6.45, 7) is 3.08. The minimum atomic E-state index is 0.343. The summed E-state index contributed by atoms with van der Waals surface area (Å²) in [4.78, 5) is 17.4. The van der Waals surface area contributed by atoms with E-state index in [2.05, 4.69) is 40.1 Å². The van der Waals surface area contributed by atoms with Crippen LogP contribution >= 0.6 is 0 Å². The molecular formula is C18H24N2O. The van der Waals surface area contributed by atoms with Gasteiger partial charge < -0.3 is 4.90 Å².